The summed E-state index contributed by atoms with van der Waals surface area (Å²) in [5.74, 6) is -1.69. The van der Waals surface area contributed by atoms with Gasteiger partial charge in [0.05, 0.1) is 6.10 Å². The summed E-state index contributed by atoms with van der Waals surface area (Å²) in [7, 11) is 0. The van der Waals surface area contributed by atoms with E-state index in [0.29, 0.717) is 12.0 Å². The summed E-state index contributed by atoms with van der Waals surface area (Å²) >= 11 is 0. The highest BCUT2D eigenvalue weighted by Crippen LogP contribution is 2.35. The van der Waals surface area contributed by atoms with Crippen molar-refractivity contribution in [3.8, 4) is 0 Å². The summed E-state index contributed by atoms with van der Waals surface area (Å²) in [4.78, 5) is 0. The highest BCUT2D eigenvalue weighted by molar-refractivity contribution is 5.31. The van der Waals surface area contributed by atoms with Gasteiger partial charge in [-0.25, -0.2) is 8.78 Å². The van der Waals surface area contributed by atoms with E-state index in [4.69, 9.17) is 0 Å². The maximum atomic E-state index is 13.8. The first-order chi connectivity index (χ1) is 10.2. The Morgan fingerprint density at radius 2 is 1.86 bits per heavy atom. The number of fused-ring (bicyclic) bond motifs is 1. The number of aliphatic hydroxyl groups is 1. The quantitative estimate of drug-likeness (QED) is 0.821. The van der Waals surface area contributed by atoms with Crippen molar-refractivity contribution in [2.24, 2.45) is 5.92 Å². The molecule has 110 valence electrons. The molecule has 1 aliphatic carbocycles. The van der Waals surface area contributed by atoms with Gasteiger partial charge in [-0.2, -0.15) is 0 Å². The summed E-state index contributed by atoms with van der Waals surface area (Å²) in [5.41, 5.74) is 2.43. The SMILES string of the molecule is OC1c2ccccc2CCCC1Cc1cccc(F)c1F. The molecule has 21 heavy (non-hydrogen) atoms. The third-order valence-electron chi connectivity index (χ3n) is 4.35. The molecule has 0 amide bonds. The molecule has 3 heteroatoms. The van der Waals surface area contributed by atoms with Crippen LogP contribution in [0.4, 0.5) is 8.78 Å². The normalized spacial score (nSPS) is 21.7. The van der Waals surface area contributed by atoms with Crippen LogP contribution in [0.3, 0.4) is 0 Å². The molecule has 0 bridgehead atoms. The number of halogens is 2. The first-order valence-corrected chi connectivity index (χ1v) is 7.35. The lowest BCUT2D eigenvalue weighted by molar-refractivity contribution is 0.104. The van der Waals surface area contributed by atoms with Crippen molar-refractivity contribution < 1.29 is 13.9 Å². The molecule has 2 aromatic carbocycles. The molecule has 2 atom stereocenters. The molecule has 1 N–H and O–H groups in total. The number of rotatable bonds is 2. The van der Waals surface area contributed by atoms with Crippen molar-refractivity contribution in [2.45, 2.75) is 31.8 Å². The van der Waals surface area contributed by atoms with Gasteiger partial charge in [0.1, 0.15) is 0 Å². The predicted octanol–water partition coefficient (Wildman–Crippen LogP) is 4.19. The van der Waals surface area contributed by atoms with Crippen molar-refractivity contribution in [2.75, 3.05) is 0 Å². The molecule has 3 rings (SSSR count). The Morgan fingerprint density at radius 1 is 1.05 bits per heavy atom. The van der Waals surface area contributed by atoms with Gasteiger partial charge >= 0.3 is 0 Å². The molecule has 1 nitrogen and oxygen atoms in total. The second kappa shape index (κ2) is 5.94. The third kappa shape index (κ3) is 2.84. The minimum absolute atomic E-state index is 0.0787. The van der Waals surface area contributed by atoms with Gasteiger partial charge in [-0.3, -0.25) is 0 Å². The lowest BCUT2D eigenvalue weighted by Crippen LogP contribution is -2.15. The highest BCUT2D eigenvalue weighted by Gasteiger charge is 2.27. The summed E-state index contributed by atoms with van der Waals surface area (Å²) in [6.07, 6.45) is 2.43. The van der Waals surface area contributed by atoms with Gasteiger partial charge in [-0.15, -0.1) is 0 Å². The maximum absolute atomic E-state index is 13.8. The molecule has 0 aromatic heterocycles. The average Bonchev–Trinajstić information content (AvgIpc) is 2.65. The van der Waals surface area contributed by atoms with Crippen LogP contribution in [0.2, 0.25) is 0 Å². The third-order valence-corrected chi connectivity index (χ3v) is 4.35. The van der Waals surface area contributed by atoms with E-state index in [1.165, 1.54) is 6.07 Å². The summed E-state index contributed by atoms with van der Waals surface area (Å²) in [6.45, 7) is 0. The average molecular weight is 288 g/mol. The lowest BCUT2D eigenvalue weighted by atomic mass is 9.88. The molecule has 0 fully saturated rings. The van der Waals surface area contributed by atoms with E-state index in [2.05, 4.69) is 0 Å². The molecule has 0 radical (unpaired) electrons. The van der Waals surface area contributed by atoms with E-state index < -0.39 is 17.7 Å². The van der Waals surface area contributed by atoms with Gasteiger partial charge in [0, 0.05) is 0 Å². The molecule has 0 heterocycles. The molecule has 0 saturated heterocycles. The number of hydrogen-bond donors (Lipinski definition) is 1. The largest absolute Gasteiger partial charge is 0.388 e. The zero-order chi connectivity index (χ0) is 14.8. The van der Waals surface area contributed by atoms with E-state index in [1.807, 2.05) is 24.3 Å². The zero-order valence-electron chi connectivity index (χ0n) is 11.7. The minimum atomic E-state index is -0.823. The fourth-order valence-electron chi connectivity index (χ4n) is 3.22. The Bertz CT molecular complexity index is 639. The van der Waals surface area contributed by atoms with Crippen molar-refractivity contribution in [1.29, 1.82) is 0 Å². The Hall–Kier alpha value is -1.74. The zero-order valence-corrected chi connectivity index (χ0v) is 11.7. The molecular weight excluding hydrogens is 270 g/mol. The lowest BCUT2D eigenvalue weighted by Gasteiger charge is -2.22. The molecule has 1 aliphatic rings. The van der Waals surface area contributed by atoms with Gasteiger partial charge < -0.3 is 5.11 Å². The van der Waals surface area contributed by atoms with Crippen molar-refractivity contribution in [3.63, 3.8) is 0 Å². The van der Waals surface area contributed by atoms with Crippen LogP contribution in [0, 0.1) is 17.6 Å². The number of benzene rings is 2. The van der Waals surface area contributed by atoms with E-state index >= 15 is 0 Å². The monoisotopic (exact) mass is 288 g/mol. The topological polar surface area (TPSA) is 20.2 Å². The highest BCUT2D eigenvalue weighted by atomic mass is 19.2. The van der Waals surface area contributed by atoms with Gasteiger partial charge in [0.2, 0.25) is 0 Å². The minimum Gasteiger partial charge on any atom is -0.388 e. The molecule has 0 spiro atoms. The van der Waals surface area contributed by atoms with Crippen LogP contribution in [-0.2, 0) is 12.8 Å². The van der Waals surface area contributed by atoms with Crippen molar-refractivity contribution >= 4 is 0 Å². The van der Waals surface area contributed by atoms with Gasteiger partial charge in [0.15, 0.2) is 11.6 Å². The fourth-order valence-corrected chi connectivity index (χ4v) is 3.22. The predicted molar refractivity (Wildman–Crippen MR) is 77.9 cm³/mol. The van der Waals surface area contributed by atoms with Crippen LogP contribution in [0.25, 0.3) is 0 Å². The molecule has 0 saturated carbocycles. The first-order valence-electron chi connectivity index (χ1n) is 7.35. The number of aryl methyl sites for hydroxylation is 1. The Kier molecular flexibility index (Phi) is 4.02. The smallest absolute Gasteiger partial charge is 0.162 e. The summed E-state index contributed by atoms with van der Waals surface area (Å²) < 4.78 is 27.1. The summed E-state index contributed by atoms with van der Waals surface area (Å²) in [5, 5.41) is 10.6. The van der Waals surface area contributed by atoms with Gasteiger partial charge in [-0.1, -0.05) is 36.4 Å². The van der Waals surface area contributed by atoms with Crippen LogP contribution in [0.15, 0.2) is 42.5 Å². The van der Waals surface area contributed by atoms with E-state index in [-0.39, 0.29) is 5.92 Å². The van der Waals surface area contributed by atoms with E-state index in [1.54, 1.807) is 6.07 Å². The second-order valence-corrected chi connectivity index (χ2v) is 5.71. The first kappa shape index (κ1) is 14.2. The molecule has 2 aromatic rings. The Morgan fingerprint density at radius 3 is 2.71 bits per heavy atom. The van der Waals surface area contributed by atoms with E-state index in [0.717, 1.165) is 36.5 Å². The van der Waals surface area contributed by atoms with Crippen LogP contribution < -0.4 is 0 Å². The van der Waals surface area contributed by atoms with Crippen LogP contribution in [0.5, 0.6) is 0 Å². The summed E-state index contributed by atoms with van der Waals surface area (Å²) in [6, 6.07) is 12.1. The maximum Gasteiger partial charge on any atom is 0.162 e. The van der Waals surface area contributed by atoms with E-state index in [9.17, 15) is 13.9 Å². The van der Waals surface area contributed by atoms with Crippen molar-refractivity contribution in [3.05, 3.63) is 70.8 Å². The molecule has 0 aliphatic heterocycles. The molecular formula is C18H18F2O. The van der Waals surface area contributed by atoms with Gasteiger partial charge in [0.25, 0.3) is 0 Å². The second-order valence-electron chi connectivity index (χ2n) is 5.71. The van der Waals surface area contributed by atoms with Crippen LogP contribution >= 0.6 is 0 Å². The van der Waals surface area contributed by atoms with Gasteiger partial charge in [-0.05, 0) is 54.4 Å². The Balaban J connectivity index is 1.88. The van der Waals surface area contributed by atoms with Crippen LogP contribution in [-0.4, -0.2) is 5.11 Å². The van der Waals surface area contributed by atoms with Crippen LogP contribution in [0.1, 0.15) is 35.6 Å². The van der Waals surface area contributed by atoms with Crippen molar-refractivity contribution in [1.82, 2.24) is 0 Å². The standard InChI is InChI=1S/C18H18F2O/c19-16-10-4-7-13(17(16)20)11-14-8-3-6-12-5-1-2-9-15(12)18(14)21/h1-2,4-5,7,9-10,14,18,21H,3,6,8,11H2. The fraction of sp³-hybridized carbons (Fsp3) is 0.333. The molecule has 2 unspecified atom stereocenters. The number of hydrogen-bond acceptors (Lipinski definition) is 1. The Labute approximate surface area is 123 Å². The number of aliphatic hydroxyl groups excluding tert-OH is 1.